The standard InChI is InChI=1S/C26H31ClN4O3S/c27-21-8-4-5-9-22(21)30-12-14-31(15-13-30)26(34)23(32)17-24(33)28-11-10-25-29-20(18-35-25)16-19-6-2-1-3-7-19/h1-9,18,23,25,29,32H,10-17H2,(H,28,33)/t23-,25?/m1/s1. The molecule has 2 aliphatic heterocycles. The van der Waals surface area contributed by atoms with Gasteiger partial charge in [-0.15, -0.1) is 11.8 Å². The minimum absolute atomic E-state index is 0.204. The Bertz CT molecular complexity index is 1040. The van der Waals surface area contributed by atoms with Gasteiger partial charge in [-0.05, 0) is 29.5 Å². The number of halogens is 1. The highest BCUT2D eigenvalue weighted by Crippen LogP contribution is 2.26. The molecule has 4 rings (SSSR count). The zero-order valence-electron chi connectivity index (χ0n) is 19.5. The highest BCUT2D eigenvalue weighted by atomic mass is 35.5. The summed E-state index contributed by atoms with van der Waals surface area (Å²) in [5.41, 5.74) is 3.37. The Morgan fingerprint density at radius 3 is 2.54 bits per heavy atom. The fourth-order valence-electron chi connectivity index (χ4n) is 4.25. The second-order valence-corrected chi connectivity index (χ2v) is 10.2. The number of para-hydroxylation sites is 1. The number of aliphatic hydroxyl groups is 1. The van der Waals surface area contributed by atoms with Gasteiger partial charge in [0.15, 0.2) is 0 Å². The van der Waals surface area contributed by atoms with Crippen LogP contribution in [0.25, 0.3) is 0 Å². The summed E-state index contributed by atoms with van der Waals surface area (Å²) >= 11 is 7.98. The number of rotatable bonds is 9. The number of carbonyl (C=O) groups is 2. The van der Waals surface area contributed by atoms with Gasteiger partial charge in [-0.2, -0.15) is 0 Å². The lowest BCUT2D eigenvalue weighted by atomic mass is 10.1. The summed E-state index contributed by atoms with van der Waals surface area (Å²) in [6.07, 6.45) is 0.0448. The number of carbonyl (C=O) groups excluding carboxylic acids is 2. The number of anilines is 1. The van der Waals surface area contributed by atoms with Gasteiger partial charge < -0.3 is 25.5 Å². The Hall–Kier alpha value is -2.68. The van der Waals surface area contributed by atoms with Gasteiger partial charge in [0.05, 0.1) is 22.5 Å². The van der Waals surface area contributed by atoms with Crippen LogP contribution in [0.15, 0.2) is 65.7 Å². The number of aliphatic hydroxyl groups excluding tert-OH is 1. The smallest absolute Gasteiger partial charge is 0.252 e. The van der Waals surface area contributed by atoms with Crippen LogP contribution in [0, 0.1) is 0 Å². The second kappa shape index (κ2) is 12.3. The third kappa shape index (κ3) is 7.16. The Morgan fingerprint density at radius 2 is 1.80 bits per heavy atom. The highest BCUT2D eigenvalue weighted by Gasteiger charge is 2.28. The summed E-state index contributed by atoms with van der Waals surface area (Å²) in [7, 11) is 0. The van der Waals surface area contributed by atoms with E-state index < -0.39 is 12.0 Å². The first kappa shape index (κ1) is 25.4. The quantitative estimate of drug-likeness (QED) is 0.477. The van der Waals surface area contributed by atoms with Crippen molar-refractivity contribution in [2.45, 2.75) is 30.7 Å². The molecule has 2 amide bonds. The van der Waals surface area contributed by atoms with Gasteiger partial charge in [-0.1, -0.05) is 54.1 Å². The topological polar surface area (TPSA) is 84.9 Å². The van der Waals surface area contributed by atoms with Gasteiger partial charge in [0.2, 0.25) is 5.91 Å². The number of nitrogens with one attached hydrogen (secondary N) is 2. The lowest BCUT2D eigenvalue weighted by Crippen LogP contribution is -2.52. The fourth-order valence-corrected chi connectivity index (χ4v) is 5.46. The summed E-state index contributed by atoms with van der Waals surface area (Å²) in [6, 6.07) is 17.9. The van der Waals surface area contributed by atoms with Crippen LogP contribution >= 0.6 is 23.4 Å². The summed E-state index contributed by atoms with van der Waals surface area (Å²) in [6.45, 7) is 2.69. The van der Waals surface area contributed by atoms with Gasteiger partial charge in [-0.25, -0.2) is 0 Å². The van der Waals surface area contributed by atoms with Gasteiger partial charge in [0.25, 0.3) is 5.91 Å². The average Bonchev–Trinajstić information content (AvgIpc) is 3.31. The summed E-state index contributed by atoms with van der Waals surface area (Å²) in [5.74, 6) is -0.720. The molecule has 1 unspecified atom stereocenters. The number of amides is 2. The van der Waals surface area contributed by atoms with Crippen LogP contribution in [0.1, 0.15) is 18.4 Å². The van der Waals surface area contributed by atoms with Gasteiger partial charge >= 0.3 is 0 Å². The molecule has 186 valence electrons. The van der Waals surface area contributed by atoms with Crippen molar-refractivity contribution in [1.82, 2.24) is 15.5 Å². The van der Waals surface area contributed by atoms with E-state index in [-0.39, 0.29) is 17.7 Å². The monoisotopic (exact) mass is 514 g/mol. The van der Waals surface area contributed by atoms with Gasteiger partial charge in [0, 0.05) is 44.8 Å². The first-order chi connectivity index (χ1) is 17.0. The fraction of sp³-hybridized carbons (Fsp3) is 0.385. The van der Waals surface area contributed by atoms with Crippen molar-refractivity contribution < 1.29 is 14.7 Å². The van der Waals surface area contributed by atoms with Crippen molar-refractivity contribution in [3.05, 3.63) is 76.3 Å². The molecule has 3 N–H and O–H groups in total. The summed E-state index contributed by atoms with van der Waals surface area (Å²) < 4.78 is 0. The first-order valence-electron chi connectivity index (χ1n) is 11.9. The molecule has 2 atom stereocenters. The molecule has 2 aliphatic rings. The molecule has 1 saturated heterocycles. The van der Waals surface area contributed by atoms with Crippen molar-refractivity contribution in [2.24, 2.45) is 0 Å². The molecule has 0 aromatic heterocycles. The minimum atomic E-state index is -1.33. The van der Waals surface area contributed by atoms with E-state index >= 15 is 0 Å². The first-order valence-corrected chi connectivity index (χ1v) is 13.2. The normalized spacial score (nSPS) is 18.6. The number of thioether (sulfide) groups is 1. The largest absolute Gasteiger partial charge is 0.383 e. The number of piperazine rings is 1. The summed E-state index contributed by atoms with van der Waals surface area (Å²) in [4.78, 5) is 28.7. The maximum Gasteiger partial charge on any atom is 0.252 e. The van der Waals surface area contributed by atoms with E-state index in [9.17, 15) is 14.7 Å². The summed E-state index contributed by atoms with van der Waals surface area (Å²) in [5, 5.41) is 19.7. The molecular weight excluding hydrogens is 484 g/mol. The average molecular weight is 515 g/mol. The predicted molar refractivity (Wildman–Crippen MR) is 141 cm³/mol. The molecule has 9 heteroatoms. The number of hydrogen-bond donors (Lipinski definition) is 3. The van der Waals surface area contributed by atoms with Crippen LogP contribution in [-0.4, -0.2) is 66.0 Å². The van der Waals surface area contributed by atoms with Crippen molar-refractivity contribution in [2.75, 3.05) is 37.6 Å². The van der Waals surface area contributed by atoms with Gasteiger partial charge in [-0.3, -0.25) is 9.59 Å². The van der Waals surface area contributed by atoms with Crippen LogP contribution in [0.3, 0.4) is 0 Å². The molecule has 0 aliphatic carbocycles. The number of nitrogens with zero attached hydrogens (tertiary/aromatic N) is 2. The van der Waals surface area contributed by atoms with E-state index in [4.69, 9.17) is 11.6 Å². The van der Waals surface area contributed by atoms with E-state index in [0.29, 0.717) is 37.7 Å². The van der Waals surface area contributed by atoms with Crippen molar-refractivity contribution in [3.8, 4) is 0 Å². The van der Waals surface area contributed by atoms with Crippen LogP contribution in [0.5, 0.6) is 0 Å². The molecule has 35 heavy (non-hydrogen) atoms. The third-order valence-corrected chi connectivity index (χ3v) is 7.56. The zero-order valence-corrected chi connectivity index (χ0v) is 21.1. The molecule has 0 saturated carbocycles. The lowest BCUT2D eigenvalue weighted by molar-refractivity contribution is -0.143. The Labute approximate surface area is 215 Å². The third-order valence-electron chi connectivity index (χ3n) is 6.14. The van der Waals surface area contributed by atoms with E-state index in [1.807, 2.05) is 42.5 Å². The SMILES string of the molecule is O=C(C[C@@H](O)C(=O)N1CCN(c2ccccc2Cl)CC1)NCCC1NC(Cc2ccccc2)=CS1. The molecule has 1 fully saturated rings. The maximum atomic E-state index is 12.6. The number of allylic oxidation sites excluding steroid dienone is 1. The molecule has 7 nitrogen and oxygen atoms in total. The molecule has 0 spiro atoms. The zero-order chi connectivity index (χ0) is 24.6. The molecule has 0 bridgehead atoms. The lowest BCUT2D eigenvalue weighted by Gasteiger charge is -2.37. The van der Waals surface area contributed by atoms with Crippen LogP contribution < -0.4 is 15.5 Å². The predicted octanol–water partition coefficient (Wildman–Crippen LogP) is 2.99. The van der Waals surface area contributed by atoms with E-state index in [0.717, 1.165) is 18.5 Å². The van der Waals surface area contributed by atoms with E-state index in [2.05, 4.69) is 33.1 Å². The van der Waals surface area contributed by atoms with Crippen LogP contribution in [0.4, 0.5) is 5.69 Å². The van der Waals surface area contributed by atoms with Crippen LogP contribution in [-0.2, 0) is 16.0 Å². The van der Waals surface area contributed by atoms with Crippen molar-refractivity contribution in [1.29, 1.82) is 0 Å². The highest BCUT2D eigenvalue weighted by molar-refractivity contribution is 8.02. The second-order valence-electron chi connectivity index (χ2n) is 8.70. The Morgan fingerprint density at radius 1 is 1.09 bits per heavy atom. The van der Waals surface area contributed by atoms with Crippen LogP contribution in [0.2, 0.25) is 5.02 Å². The molecular formula is C26H31ClN4O3S. The van der Waals surface area contributed by atoms with Gasteiger partial charge in [0.1, 0.15) is 6.10 Å². The Kier molecular flexibility index (Phi) is 8.95. The van der Waals surface area contributed by atoms with Crippen molar-refractivity contribution in [3.63, 3.8) is 0 Å². The molecule has 0 radical (unpaired) electrons. The number of hydrogen-bond acceptors (Lipinski definition) is 6. The van der Waals surface area contributed by atoms with E-state index in [1.54, 1.807) is 16.7 Å². The maximum absolute atomic E-state index is 12.6. The van der Waals surface area contributed by atoms with E-state index in [1.165, 1.54) is 11.3 Å². The molecule has 2 aromatic carbocycles. The Balaban J connectivity index is 1.12. The molecule has 2 heterocycles. The number of benzene rings is 2. The molecule has 2 aromatic rings. The van der Waals surface area contributed by atoms with Crippen molar-refractivity contribution >= 4 is 40.9 Å². The minimum Gasteiger partial charge on any atom is -0.383 e.